The minimum atomic E-state index is -0.266. The molecule has 0 saturated heterocycles. The molecule has 2 aliphatic carbocycles. The summed E-state index contributed by atoms with van der Waals surface area (Å²) in [6.07, 6.45) is 0. The first-order chi connectivity index (χ1) is 26.9. The first-order valence-corrected chi connectivity index (χ1v) is 20.0. The molecule has 2 heterocycles. The van der Waals surface area contributed by atoms with E-state index in [4.69, 9.17) is 9.97 Å². The first kappa shape index (κ1) is 37.3. The van der Waals surface area contributed by atoms with Crippen molar-refractivity contribution in [3.8, 4) is 56.5 Å². The Morgan fingerprint density at radius 1 is 0.596 bits per heavy atom. The Morgan fingerprint density at radius 3 is 1.96 bits per heavy atom. The van der Waals surface area contributed by atoms with Crippen molar-refractivity contribution in [2.24, 2.45) is 0 Å². The molecule has 0 aliphatic heterocycles. The van der Waals surface area contributed by atoms with Crippen molar-refractivity contribution in [3.63, 3.8) is 0 Å². The van der Waals surface area contributed by atoms with Gasteiger partial charge >= 0.3 is 0 Å². The first-order valence-electron chi connectivity index (χ1n) is 20.0. The van der Waals surface area contributed by atoms with Crippen LogP contribution in [0, 0.1) is 6.07 Å². The molecule has 2 aliphatic rings. The molecule has 6 aromatic carbocycles. The molecule has 2 aromatic heterocycles. The van der Waals surface area contributed by atoms with E-state index in [0.717, 1.165) is 55.7 Å². The van der Waals surface area contributed by atoms with Gasteiger partial charge in [0, 0.05) is 37.7 Å². The van der Waals surface area contributed by atoms with Crippen LogP contribution in [0.25, 0.3) is 72.5 Å². The summed E-state index contributed by atoms with van der Waals surface area (Å²) in [6, 6.07) is 44.8. The number of aromatic hydroxyl groups is 1. The number of fused-ring (bicyclic) bond motifs is 9. The van der Waals surface area contributed by atoms with E-state index >= 15 is 0 Å². The van der Waals surface area contributed by atoms with Gasteiger partial charge in [-0.15, -0.1) is 29.3 Å². The van der Waals surface area contributed by atoms with Crippen LogP contribution >= 0.6 is 0 Å². The quantitative estimate of drug-likeness (QED) is 0.175. The molecule has 0 bridgehead atoms. The van der Waals surface area contributed by atoms with Crippen LogP contribution in [0.2, 0.25) is 0 Å². The molecule has 0 saturated carbocycles. The van der Waals surface area contributed by atoms with Crippen LogP contribution in [0.4, 0.5) is 0 Å². The summed E-state index contributed by atoms with van der Waals surface area (Å²) in [5, 5.41) is 13.4. The number of phenolic OH excluding ortho intramolecular Hbond substituents is 1. The Kier molecular flexibility index (Phi) is 8.58. The van der Waals surface area contributed by atoms with Gasteiger partial charge in [0.15, 0.2) is 0 Å². The molecule has 57 heavy (non-hydrogen) atoms. The van der Waals surface area contributed by atoms with Crippen LogP contribution in [-0.2, 0) is 31.9 Å². The summed E-state index contributed by atoms with van der Waals surface area (Å²) in [6.45, 7) is 18.4. The number of benzene rings is 6. The van der Waals surface area contributed by atoms with E-state index in [0.29, 0.717) is 11.8 Å². The molecule has 10 rings (SSSR count). The fourth-order valence-electron chi connectivity index (χ4n) is 9.81. The Hall–Kier alpha value is -5.31. The van der Waals surface area contributed by atoms with Gasteiger partial charge in [-0.1, -0.05) is 151 Å². The molecular formula is C52H46N3OPt-. The molecule has 5 heteroatoms. The smallest absolute Gasteiger partial charge is 0.125 e. The number of para-hydroxylation sites is 3. The second-order valence-electron chi connectivity index (χ2n) is 17.4. The standard InChI is InChI=1S/C52H46N3O.Pt/c1-29(2)33-16-13-17-34(30(3)4)49(33)55-43-19-12-11-18-41(43)54-50(55)32-20-22-37-36(28-32)45-38(51(37,5)6)23-24-39-47(45)48-40(52(39,7)8)25-26-42(53-48)46-35-15-10-9-14-31(35)21-27-44(46)56;/h9-27,29-30,56H,1-8H3;/q-1;. The molecule has 4 nitrogen and oxygen atoms in total. The van der Waals surface area contributed by atoms with Gasteiger partial charge in [-0.05, 0) is 80.1 Å². The van der Waals surface area contributed by atoms with E-state index < -0.39 is 0 Å². The largest absolute Gasteiger partial charge is 0.507 e. The zero-order valence-electron chi connectivity index (χ0n) is 33.7. The van der Waals surface area contributed by atoms with Gasteiger partial charge in [0.25, 0.3) is 0 Å². The second kappa shape index (κ2) is 13.1. The number of rotatable bonds is 5. The Balaban J connectivity index is 0.00000422. The molecule has 0 spiro atoms. The number of hydrogen-bond acceptors (Lipinski definition) is 3. The van der Waals surface area contributed by atoms with Gasteiger partial charge in [-0.2, -0.15) is 0 Å². The van der Waals surface area contributed by atoms with E-state index in [2.05, 4.69) is 157 Å². The third-order valence-corrected chi connectivity index (χ3v) is 12.8. The number of aromatic nitrogens is 3. The molecular weight excluding hydrogens is 878 g/mol. The fourth-order valence-corrected chi connectivity index (χ4v) is 9.81. The third kappa shape index (κ3) is 5.29. The van der Waals surface area contributed by atoms with Crippen LogP contribution in [0.5, 0.6) is 5.75 Å². The molecule has 8 aromatic rings. The zero-order chi connectivity index (χ0) is 38.8. The molecule has 0 amide bonds. The van der Waals surface area contributed by atoms with Crippen molar-refractivity contribution in [1.29, 1.82) is 0 Å². The van der Waals surface area contributed by atoms with E-state index in [1.807, 2.05) is 18.2 Å². The summed E-state index contributed by atoms with van der Waals surface area (Å²) < 4.78 is 2.40. The number of phenols is 1. The van der Waals surface area contributed by atoms with Crippen molar-refractivity contribution in [3.05, 3.63) is 155 Å². The predicted octanol–water partition coefficient (Wildman–Crippen LogP) is 13.3. The zero-order valence-corrected chi connectivity index (χ0v) is 36.0. The van der Waals surface area contributed by atoms with Crippen LogP contribution in [0.15, 0.2) is 115 Å². The average Bonchev–Trinajstić information content (AvgIpc) is 3.77. The van der Waals surface area contributed by atoms with E-state index in [-0.39, 0.29) is 37.6 Å². The summed E-state index contributed by atoms with van der Waals surface area (Å²) in [5.74, 6) is 1.79. The Labute approximate surface area is 349 Å². The van der Waals surface area contributed by atoms with Crippen molar-refractivity contribution in [1.82, 2.24) is 14.5 Å². The van der Waals surface area contributed by atoms with Gasteiger partial charge in [0.2, 0.25) is 0 Å². The van der Waals surface area contributed by atoms with Crippen molar-refractivity contribution in [2.75, 3.05) is 0 Å². The fraction of sp³-hybridized carbons (Fsp3) is 0.231. The molecule has 0 unspecified atom stereocenters. The minimum absolute atomic E-state index is 0. The molecule has 0 radical (unpaired) electrons. The summed E-state index contributed by atoms with van der Waals surface area (Å²) >= 11 is 0. The third-order valence-electron chi connectivity index (χ3n) is 12.8. The number of hydrogen-bond donors (Lipinski definition) is 1. The molecule has 0 fully saturated rings. The van der Waals surface area contributed by atoms with Gasteiger partial charge in [-0.25, -0.2) is 4.98 Å². The summed E-state index contributed by atoms with van der Waals surface area (Å²) in [4.78, 5) is 10.9. The minimum Gasteiger partial charge on any atom is -0.507 e. The summed E-state index contributed by atoms with van der Waals surface area (Å²) in [7, 11) is 0. The van der Waals surface area contributed by atoms with Crippen LogP contribution in [0.1, 0.15) is 101 Å². The van der Waals surface area contributed by atoms with Crippen LogP contribution in [0.3, 0.4) is 0 Å². The number of nitrogens with zero attached hydrogens (tertiary/aromatic N) is 3. The SMILES string of the molecule is CC(C)c1cccc(C(C)C)c1-n1c(-c2[c-]c3c(cc2)C(C)(C)c2ccc4c(c2-3)-c2nc(-c3c(O)ccc5ccccc35)ccc2C4(C)C)nc2ccccc21.[Pt]. The maximum atomic E-state index is 11.3. The van der Waals surface area contributed by atoms with Gasteiger partial charge < -0.3 is 9.67 Å². The van der Waals surface area contributed by atoms with E-state index in [9.17, 15) is 5.11 Å². The maximum Gasteiger partial charge on any atom is 0.125 e. The van der Waals surface area contributed by atoms with Gasteiger partial charge in [0.1, 0.15) is 5.75 Å². The van der Waals surface area contributed by atoms with E-state index in [1.165, 1.54) is 50.2 Å². The molecule has 0 atom stereocenters. The number of pyridine rings is 1. The normalized spacial score (nSPS) is 14.5. The van der Waals surface area contributed by atoms with Gasteiger partial charge in [0.05, 0.1) is 28.2 Å². The van der Waals surface area contributed by atoms with E-state index in [1.54, 1.807) is 6.07 Å². The Morgan fingerprint density at radius 2 is 1.23 bits per heavy atom. The topological polar surface area (TPSA) is 50.9 Å². The van der Waals surface area contributed by atoms with Crippen molar-refractivity contribution in [2.45, 2.75) is 78.1 Å². The summed E-state index contributed by atoms with van der Waals surface area (Å²) in [5.41, 5.74) is 17.4. The molecule has 286 valence electrons. The average molecular weight is 924 g/mol. The predicted molar refractivity (Wildman–Crippen MR) is 231 cm³/mol. The van der Waals surface area contributed by atoms with Crippen molar-refractivity contribution < 1.29 is 26.2 Å². The van der Waals surface area contributed by atoms with Gasteiger partial charge in [-0.3, -0.25) is 4.98 Å². The maximum absolute atomic E-state index is 11.3. The number of imidazole rings is 1. The van der Waals surface area contributed by atoms with Crippen LogP contribution in [-0.4, -0.2) is 19.6 Å². The second-order valence-corrected chi connectivity index (χ2v) is 17.4. The monoisotopic (exact) mass is 923 g/mol. The molecule has 1 N–H and O–H groups in total. The van der Waals surface area contributed by atoms with Crippen LogP contribution < -0.4 is 0 Å². The van der Waals surface area contributed by atoms with Crippen molar-refractivity contribution >= 4 is 21.8 Å². The Bertz CT molecular complexity index is 2920.